The van der Waals surface area contributed by atoms with Crippen LogP contribution >= 0.6 is 23.4 Å². The quantitative estimate of drug-likeness (QED) is 0.298. The van der Waals surface area contributed by atoms with Crippen molar-refractivity contribution in [3.63, 3.8) is 0 Å². The number of hydrogen-bond acceptors (Lipinski definition) is 4. The van der Waals surface area contributed by atoms with E-state index in [1.165, 1.54) is 11.8 Å². The fourth-order valence-electron chi connectivity index (χ4n) is 1.74. The number of thioether (sulfide) groups is 1. The Labute approximate surface area is 126 Å². The maximum atomic E-state index is 8.86. The lowest BCUT2D eigenvalue weighted by Gasteiger charge is -2.09. The van der Waals surface area contributed by atoms with E-state index in [0.29, 0.717) is 10.6 Å². The number of halogens is 1. The number of nitrogens with two attached hydrogens (primary N) is 1. The summed E-state index contributed by atoms with van der Waals surface area (Å²) in [5.74, 6) is 0.813. The van der Waals surface area contributed by atoms with Crippen LogP contribution in [0.5, 0.6) is 0 Å². The van der Waals surface area contributed by atoms with Gasteiger partial charge in [-0.15, -0.1) is 11.8 Å². The third-order valence-corrected chi connectivity index (χ3v) is 4.09. The average Bonchev–Trinajstić information content (AvgIpc) is 2.46. The number of rotatable bonds is 4. The molecule has 0 bridgehead atoms. The standard InChI is InChI=1S/C14H14ClN3OS/c1-9-6-7-17-14(12(9)13(16)18-19)20-8-10-2-4-11(15)5-3-10/h2-7,19H,8H2,1H3,(H2,16,18). The van der Waals surface area contributed by atoms with Gasteiger partial charge in [-0.05, 0) is 36.2 Å². The zero-order valence-corrected chi connectivity index (χ0v) is 12.4. The number of hydrogen-bond donors (Lipinski definition) is 2. The molecule has 0 spiro atoms. The molecule has 0 saturated heterocycles. The zero-order valence-electron chi connectivity index (χ0n) is 10.9. The molecule has 6 heteroatoms. The van der Waals surface area contributed by atoms with Crippen LogP contribution < -0.4 is 5.73 Å². The van der Waals surface area contributed by atoms with Gasteiger partial charge in [-0.3, -0.25) is 0 Å². The van der Waals surface area contributed by atoms with E-state index in [4.69, 9.17) is 22.5 Å². The Morgan fingerprint density at radius 2 is 2.05 bits per heavy atom. The van der Waals surface area contributed by atoms with Crippen molar-refractivity contribution in [1.29, 1.82) is 0 Å². The van der Waals surface area contributed by atoms with Gasteiger partial charge in [-0.2, -0.15) is 0 Å². The lowest BCUT2D eigenvalue weighted by molar-refractivity contribution is 0.318. The minimum absolute atomic E-state index is 0.0780. The molecular formula is C14H14ClN3OS. The molecule has 104 valence electrons. The lowest BCUT2D eigenvalue weighted by atomic mass is 10.1. The number of aryl methyl sites for hydroxylation is 1. The molecule has 20 heavy (non-hydrogen) atoms. The van der Waals surface area contributed by atoms with Gasteiger partial charge in [-0.25, -0.2) is 4.98 Å². The molecule has 0 saturated carbocycles. The summed E-state index contributed by atoms with van der Waals surface area (Å²) in [5, 5.41) is 13.4. The molecule has 0 atom stereocenters. The van der Waals surface area contributed by atoms with Crippen molar-refractivity contribution >= 4 is 29.2 Å². The van der Waals surface area contributed by atoms with Crippen LogP contribution in [0.15, 0.2) is 46.7 Å². The van der Waals surface area contributed by atoms with Crippen LogP contribution in [0.25, 0.3) is 0 Å². The van der Waals surface area contributed by atoms with E-state index in [2.05, 4.69) is 10.1 Å². The average molecular weight is 308 g/mol. The van der Waals surface area contributed by atoms with Crippen LogP contribution in [-0.4, -0.2) is 16.0 Å². The summed E-state index contributed by atoms with van der Waals surface area (Å²) < 4.78 is 0. The van der Waals surface area contributed by atoms with Crippen LogP contribution in [0.3, 0.4) is 0 Å². The first-order valence-corrected chi connectivity index (χ1v) is 7.29. The van der Waals surface area contributed by atoms with E-state index in [1.807, 2.05) is 37.3 Å². The second-order valence-corrected chi connectivity index (χ2v) is 5.61. The Kier molecular flexibility index (Phi) is 4.87. The van der Waals surface area contributed by atoms with Gasteiger partial charge in [0.15, 0.2) is 5.84 Å². The number of oxime groups is 1. The predicted molar refractivity (Wildman–Crippen MR) is 82.5 cm³/mol. The minimum Gasteiger partial charge on any atom is -0.409 e. The van der Waals surface area contributed by atoms with E-state index in [9.17, 15) is 0 Å². The van der Waals surface area contributed by atoms with Gasteiger partial charge >= 0.3 is 0 Å². The Bertz CT molecular complexity index is 629. The van der Waals surface area contributed by atoms with E-state index < -0.39 is 0 Å². The second kappa shape index (κ2) is 6.63. The molecule has 1 aromatic heterocycles. The summed E-state index contributed by atoms with van der Waals surface area (Å²) in [6, 6.07) is 9.47. The highest BCUT2D eigenvalue weighted by molar-refractivity contribution is 7.98. The minimum atomic E-state index is 0.0780. The van der Waals surface area contributed by atoms with Gasteiger partial charge in [0.25, 0.3) is 0 Å². The smallest absolute Gasteiger partial charge is 0.173 e. The highest BCUT2D eigenvalue weighted by Gasteiger charge is 2.12. The van der Waals surface area contributed by atoms with E-state index in [0.717, 1.165) is 21.9 Å². The SMILES string of the molecule is Cc1ccnc(SCc2ccc(Cl)cc2)c1/C(N)=N/O. The monoisotopic (exact) mass is 307 g/mol. The molecule has 0 aliphatic rings. The Morgan fingerprint density at radius 1 is 1.35 bits per heavy atom. The molecule has 1 aromatic carbocycles. The first kappa shape index (κ1) is 14.7. The molecule has 3 N–H and O–H groups in total. The number of aromatic nitrogens is 1. The first-order valence-electron chi connectivity index (χ1n) is 5.92. The molecule has 2 aromatic rings. The summed E-state index contributed by atoms with van der Waals surface area (Å²) in [6.45, 7) is 1.90. The van der Waals surface area contributed by atoms with Crippen LogP contribution in [0.2, 0.25) is 5.02 Å². The molecule has 0 aliphatic heterocycles. The third kappa shape index (κ3) is 3.43. The van der Waals surface area contributed by atoms with E-state index in [1.54, 1.807) is 6.20 Å². The molecule has 0 radical (unpaired) electrons. The Balaban J connectivity index is 2.21. The topological polar surface area (TPSA) is 71.5 Å². The van der Waals surface area contributed by atoms with Gasteiger partial charge in [-0.1, -0.05) is 28.9 Å². The normalized spacial score (nSPS) is 11.6. The van der Waals surface area contributed by atoms with Gasteiger partial charge in [0.1, 0.15) is 5.03 Å². The summed E-state index contributed by atoms with van der Waals surface area (Å²) in [5.41, 5.74) is 8.45. The van der Waals surface area contributed by atoms with Crippen molar-refractivity contribution in [3.8, 4) is 0 Å². The molecule has 0 fully saturated rings. The molecule has 1 heterocycles. The summed E-state index contributed by atoms with van der Waals surface area (Å²) in [7, 11) is 0. The maximum absolute atomic E-state index is 8.86. The highest BCUT2D eigenvalue weighted by Crippen LogP contribution is 2.26. The van der Waals surface area contributed by atoms with Gasteiger partial charge in [0, 0.05) is 17.0 Å². The largest absolute Gasteiger partial charge is 0.409 e. The van der Waals surface area contributed by atoms with Gasteiger partial charge in [0.2, 0.25) is 0 Å². The molecule has 0 amide bonds. The fourth-order valence-corrected chi connectivity index (χ4v) is 2.90. The highest BCUT2D eigenvalue weighted by atomic mass is 35.5. The number of amidine groups is 1. The number of pyridine rings is 1. The Morgan fingerprint density at radius 3 is 2.70 bits per heavy atom. The van der Waals surface area contributed by atoms with Crippen molar-refractivity contribution in [2.45, 2.75) is 17.7 Å². The van der Waals surface area contributed by atoms with E-state index in [-0.39, 0.29) is 5.84 Å². The molecular weight excluding hydrogens is 294 g/mol. The van der Waals surface area contributed by atoms with Crippen molar-refractivity contribution in [2.24, 2.45) is 10.9 Å². The van der Waals surface area contributed by atoms with Crippen LogP contribution in [0, 0.1) is 6.92 Å². The molecule has 0 aliphatic carbocycles. The van der Waals surface area contributed by atoms with Crippen molar-refractivity contribution in [3.05, 3.63) is 58.2 Å². The van der Waals surface area contributed by atoms with Crippen molar-refractivity contribution < 1.29 is 5.21 Å². The van der Waals surface area contributed by atoms with Crippen LogP contribution in [0.4, 0.5) is 0 Å². The summed E-state index contributed by atoms with van der Waals surface area (Å²) in [4.78, 5) is 4.31. The third-order valence-electron chi connectivity index (χ3n) is 2.78. The number of nitrogens with zero attached hydrogens (tertiary/aromatic N) is 2. The predicted octanol–water partition coefficient (Wildman–Crippen LogP) is 3.43. The molecule has 2 rings (SSSR count). The molecule has 0 unspecified atom stereocenters. The van der Waals surface area contributed by atoms with Gasteiger partial charge in [0.05, 0.1) is 5.56 Å². The zero-order chi connectivity index (χ0) is 14.5. The van der Waals surface area contributed by atoms with Crippen molar-refractivity contribution in [1.82, 2.24) is 4.98 Å². The van der Waals surface area contributed by atoms with Crippen LogP contribution in [-0.2, 0) is 5.75 Å². The first-order chi connectivity index (χ1) is 9.61. The Hall–Kier alpha value is -1.72. The maximum Gasteiger partial charge on any atom is 0.173 e. The van der Waals surface area contributed by atoms with E-state index >= 15 is 0 Å². The lowest BCUT2D eigenvalue weighted by Crippen LogP contribution is -2.16. The fraction of sp³-hybridized carbons (Fsp3) is 0.143. The van der Waals surface area contributed by atoms with Crippen LogP contribution in [0.1, 0.15) is 16.7 Å². The van der Waals surface area contributed by atoms with Gasteiger partial charge < -0.3 is 10.9 Å². The number of benzene rings is 1. The summed E-state index contributed by atoms with van der Waals surface area (Å²) in [6.07, 6.45) is 1.72. The second-order valence-electron chi connectivity index (χ2n) is 4.21. The molecule has 4 nitrogen and oxygen atoms in total. The van der Waals surface area contributed by atoms with Crippen molar-refractivity contribution in [2.75, 3.05) is 0 Å². The summed E-state index contributed by atoms with van der Waals surface area (Å²) >= 11 is 7.39.